The zero-order valence-electron chi connectivity index (χ0n) is 22.1. The van der Waals surface area contributed by atoms with E-state index in [1.54, 1.807) is 36.4 Å². The monoisotopic (exact) mass is 461 g/mol. The largest absolute Gasteiger partial charge is 0.481 e. The first-order valence-electron chi connectivity index (χ1n) is 12.3. The van der Waals surface area contributed by atoms with E-state index in [0.29, 0.717) is 16.8 Å². The molecule has 0 radical (unpaired) electrons. The number of nitrogens with zero attached hydrogens (tertiary/aromatic N) is 1. The highest BCUT2D eigenvalue weighted by Gasteiger charge is 2.42. The van der Waals surface area contributed by atoms with Gasteiger partial charge in [-0.2, -0.15) is 0 Å². The molecule has 0 aliphatic carbocycles. The maximum atomic E-state index is 13.2. The van der Waals surface area contributed by atoms with E-state index in [9.17, 15) is 19.5 Å². The van der Waals surface area contributed by atoms with Crippen LogP contribution in [-0.2, 0) is 9.59 Å². The summed E-state index contributed by atoms with van der Waals surface area (Å²) in [5.41, 5.74) is 7.06. The molecular weight excluding hydrogens is 436 g/mol. The van der Waals surface area contributed by atoms with Crippen molar-refractivity contribution in [1.29, 1.82) is 0 Å². The Labute approximate surface area is 202 Å². The minimum absolute atomic E-state index is 0.117. The van der Waals surface area contributed by atoms with Crippen LogP contribution in [0.15, 0.2) is 78.7 Å². The van der Waals surface area contributed by atoms with Gasteiger partial charge in [0.15, 0.2) is 0 Å². The minimum atomic E-state index is -1.11. The second-order valence-corrected chi connectivity index (χ2v) is 8.36. The Kier molecular flexibility index (Phi) is 4.84. The zero-order chi connectivity index (χ0) is 27.7. The second-order valence-electron chi connectivity index (χ2n) is 7.07. The van der Waals surface area contributed by atoms with Crippen LogP contribution in [0.4, 0.5) is 5.69 Å². The van der Waals surface area contributed by atoms with E-state index >= 15 is 0 Å². The molecule has 2 amide bonds. The first-order chi connectivity index (χ1) is 18.0. The number of primary amides is 1. The number of hydrogen-bond acceptors (Lipinski definition) is 4. The lowest BCUT2D eigenvalue weighted by molar-refractivity contribution is -0.138. The van der Waals surface area contributed by atoms with E-state index in [1.165, 1.54) is 28.8 Å². The fraction of sp³-hybridized carbons (Fsp3) is 0.115. The van der Waals surface area contributed by atoms with Crippen LogP contribution >= 0.6 is 11.8 Å². The first-order valence-corrected chi connectivity index (χ1v) is 10.7. The molecule has 3 aromatic carbocycles. The lowest BCUT2D eigenvalue weighted by Gasteiger charge is -2.24. The molecule has 0 unspecified atom stereocenters. The highest BCUT2D eigenvalue weighted by Crippen LogP contribution is 2.46. The Morgan fingerprint density at radius 2 is 1.76 bits per heavy atom. The summed E-state index contributed by atoms with van der Waals surface area (Å²) in [6.07, 6.45) is -0.367. The van der Waals surface area contributed by atoms with E-state index in [-0.39, 0.29) is 29.6 Å². The standard InChI is InChI=1S/C26H20N2O4S/c27-24(31)20-7-4-8-21(15-20)28-25(32)22(16-23(29)30)33-26(28)19-13-11-18(12-14-19)10-9-17-5-2-1-3-6-17/h1-8,11-15,22,26H,16H2,(H2,27,31)(H,29,30)/t22-,26+/m1/s1/i1D,2D,3D,5D,6D. The van der Waals surface area contributed by atoms with Crippen LogP contribution in [0.1, 0.15) is 45.7 Å². The summed E-state index contributed by atoms with van der Waals surface area (Å²) in [7, 11) is 0. The number of aliphatic carboxylic acids is 1. The lowest BCUT2D eigenvalue weighted by Crippen LogP contribution is -2.32. The van der Waals surface area contributed by atoms with Gasteiger partial charge in [0.2, 0.25) is 11.8 Å². The smallest absolute Gasteiger partial charge is 0.305 e. The molecule has 0 aromatic heterocycles. The number of nitrogens with two attached hydrogens (primary N) is 1. The summed E-state index contributed by atoms with van der Waals surface area (Å²) in [6.45, 7) is 0. The summed E-state index contributed by atoms with van der Waals surface area (Å²) in [4.78, 5) is 37.7. The van der Waals surface area contributed by atoms with Gasteiger partial charge in [-0.3, -0.25) is 19.3 Å². The number of amides is 2. The van der Waals surface area contributed by atoms with E-state index in [4.69, 9.17) is 12.6 Å². The van der Waals surface area contributed by atoms with Gasteiger partial charge in [-0.15, -0.1) is 11.8 Å². The Morgan fingerprint density at radius 3 is 2.42 bits per heavy atom. The van der Waals surface area contributed by atoms with Crippen LogP contribution in [0.2, 0.25) is 0 Å². The number of carbonyl (C=O) groups is 3. The van der Waals surface area contributed by atoms with Crippen molar-refractivity contribution >= 4 is 35.2 Å². The van der Waals surface area contributed by atoms with Crippen LogP contribution in [0.5, 0.6) is 0 Å². The Hall–Kier alpha value is -4.02. The van der Waals surface area contributed by atoms with Gasteiger partial charge in [0.1, 0.15) is 5.37 Å². The molecule has 33 heavy (non-hydrogen) atoms. The number of carboxylic acid groups (broad SMARTS) is 1. The maximum absolute atomic E-state index is 13.2. The third-order valence-corrected chi connectivity index (χ3v) is 6.27. The number of carbonyl (C=O) groups excluding carboxylic acids is 2. The third-order valence-electron chi connectivity index (χ3n) is 4.84. The van der Waals surface area contributed by atoms with Crippen molar-refractivity contribution in [2.24, 2.45) is 5.73 Å². The topological polar surface area (TPSA) is 101 Å². The van der Waals surface area contributed by atoms with Crippen molar-refractivity contribution in [1.82, 2.24) is 0 Å². The molecule has 164 valence electrons. The molecule has 1 saturated heterocycles. The van der Waals surface area contributed by atoms with E-state index in [2.05, 4.69) is 11.8 Å². The Bertz CT molecular complexity index is 1510. The predicted octanol–water partition coefficient (Wildman–Crippen LogP) is 3.81. The van der Waals surface area contributed by atoms with Gasteiger partial charge < -0.3 is 10.8 Å². The summed E-state index contributed by atoms with van der Waals surface area (Å²) in [5.74, 6) is 3.28. The Balaban J connectivity index is 1.68. The number of benzene rings is 3. The van der Waals surface area contributed by atoms with Gasteiger partial charge in [0.05, 0.1) is 18.5 Å². The second kappa shape index (κ2) is 9.63. The molecule has 0 saturated carbocycles. The average molecular weight is 462 g/mol. The van der Waals surface area contributed by atoms with Gasteiger partial charge in [0.25, 0.3) is 0 Å². The first kappa shape index (κ1) is 16.6. The number of carboxylic acids is 1. The number of rotatable bonds is 5. The molecule has 1 heterocycles. The van der Waals surface area contributed by atoms with Gasteiger partial charge >= 0.3 is 5.97 Å². The quantitative estimate of drug-likeness (QED) is 0.563. The van der Waals surface area contributed by atoms with Crippen LogP contribution < -0.4 is 10.6 Å². The van der Waals surface area contributed by atoms with Crippen molar-refractivity contribution in [2.45, 2.75) is 17.0 Å². The van der Waals surface area contributed by atoms with Crippen molar-refractivity contribution < 1.29 is 26.3 Å². The molecule has 0 bridgehead atoms. The van der Waals surface area contributed by atoms with Crippen molar-refractivity contribution in [3.05, 3.63) is 101 Å². The molecule has 0 spiro atoms. The SMILES string of the molecule is [2H]c1c([2H])c([2H])c(C#Cc2ccc([C@@H]3S[C@H](CC(=O)O)C(=O)N3c3cccc(C(N)=O)c3)cc2)c([2H])c1[2H]. The fourth-order valence-electron chi connectivity index (χ4n) is 3.32. The number of hydrogen-bond donors (Lipinski definition) is 2. The van der Waals surface area contributed by atoms with Gasteiger partial charge in [-0.05, 0) is 48.0 Å². The predicted molar refractivity (Wildman–Crippen MR) is 128 cm³/mol. The van der Waals surface area contributed by atoms with Gasteiger partial charge in [-0.25, -0.2) is 0 Å². The molecule has 1 fully saturated rings. The molecule has 6 nitrogen and oxygen atoms in total. The number of anilines is 1. The third kappa shape index (κ3) is 5.08. The molecule has 2 atom stereocenters. The normalized spacial score (nSPS) is 19.5. The highest BCUT2D eigenvalue weighted by molar-refractivity contribution is 8.01. The van der Waals surface area contributed by atoms with Gasteiger partial charge in [-0.1, -0.05) is 48.2 Å². The van der Waals surface area contributed by atoms with E-state index < -0.39 is 46.5 Å². The summed E-state index contributed by atoms with van der Waals surface area (Å²) >= 11 is 1.18. The van der Waals surface area contributed by atoms with Crippen molar-refractivity contribution in [3.63, 3.8) is 0 Å². The maximum Gasteiger partial charge on any atom is 0.305 e. The van der Waals surface area contributed by atoms with Gasteiger partial charge in [0, 0.05) is 22.4 Å². The fourth-order valence-corrected chi connectivity index (χ4v) is 4.76. The van der Waals surface area contributed by atoms with Crippen molar-refractivity contribution in [3.8, 4) is 11.8 Å². The number of thioether (sulfide) groups is 1. The van der Waals surface area contributed by atoms with Crippen LogP contribution in [0.3, 0.4) is 0 Å². The zero-order valence-corrected chi connectivity index (χ0v) is 17.9. The molecule has 1 aliphatic rings. The summed E-state index contributed by atoms with van der Waals surface area (Å²) in [5, 5.41) is 7.86. The van der Waals surface area contributed by atoms with Crippen molar-refractivity contribution in [2.75, 3.05) is 4.90 Å². The molecular formula is C26H20N2O4S. The minimum Gasteiger partial charge on any atom is -0.481 e. The van der Waals surface area contributed by atoms with Crippen LogP contribution in [0.25, 0.3) is 0 Å². The molecule has 4 rings (SSSR count). The lowest BCUT2D eigenvalue weighted by atomic mass is 10.1. The molecule has 3 aromatic rings. The Morgan fingerprint density at radius 1 is 1.06 bits per heavy atom. The van der Waals surface area contributed by atoms with Crippen LogP contribution in [-0.4, -0.2) is 28.1 Å². The molecule has 1 aliphatic heterocycles. The molecule has 7 heteroatoms. The van der Waals surface area contributed by atoms with E-state index in [1.807, 2.05) is 0 Å². The summed E-state index contributed by atoms with van der Waals surface area (Å²) < 4.78 is 39.2. The highest BCUT2D eigenvalue weighted by atomic mass is 32.2. The van der Waals surface area contributed by atoms with Crippen LogP contribution in [0, 0.1) is 11.8 Å². The summed E-state index contributed by atoms with van der Waals surface area (Å²) in [6, 6.07) is 10.8. The van der Waals surface area contributed by atoms with E-state index in [0.717, 1.165) is 0 Å². The average Bonchev–Trinajstić information content (AvgIpc) is 3.21. The molecule has 3 N–H and O–H groups in total.